The van der Waals surface area contributed by atoms with Crippen molar-refractivity contribution >= 4 is 5.69 Å². The van der Waals surface area contributed by atoms with Crippen molar-refractivity contribution in [1.29, 1.82) is 0 Å². The van der Waals surface area contributed by atoms with Gasteiger partial charge in [-0.05, 0) is 57.9 Å². The van der Waals surface area contributed by atoms with Gasteiger partial charge in [-0.3, -0.25) is 0 Å². The van der Waals surface area contributed by atoms with Crippen LogP contribution in [0, 0.1) is 5.92 Å². The number of allylic oxidation sites excluding steroid dienone is 3. The van der Waals surface area contributed by atoms with Crippen LogP contribution in [0.4, 0.5) is 5.69 Å². The molecule has 4 aromatic rings. The van der Waals surface area contributed by atoms with E-state index in [0.717, 1.165) is 13.0 Å². The Balaban J connectivity index is 1.54. The first-order valence-corrected chi connectivity index (χ1v) is 11.8. The van der Waals surface area contributed by atoms with Gasteiger partial charge in [0.05, 0.1) is 5.41 Å². The second kappa shape index (κ2) is 8.26. The monoisotopic (exact) mass is 425 g/mol. The first-order valence-electron chi connectivity index (χ1n) is 11.8. The minimum Gasteiger partial charge on any atom is -0.384 e. The normalized spacial score (nSPS) is 17.4. The van der Waals surface area contributed by atoms with Crippen molar-refractivity contribution in [2.45, 2.75) is 11.8 Å². The zero-order chi connectivity index (χ0) is 22.1. The molecule has 2 aliphatic carbocycles. The maximum absolute atomic E-state index is 3.73. The van der Waals surface area contributed by atoms with Crippen molar-refractivity contribution in [1.82, 2.24) is 0 Å². The first-order chi connectivity index (χ1) is 16.4. The number of anilines is 1. The fourth-order valence-electron chi connectivity index (χ4n) is 5.59. The van der Waals surface area contributed by atoms with E-state index in [4.69, 9.17) is 0 Å². The molecule has 0 aromatic heterocycles. The van der Waals surface area contributed by atoms with E-state index < -0.39 is 0 Å². The molecular formula is C32H27N. The smallest absolute Gasteiger partial charge is 0.0714 e. The minimum absolute atomic E-state index is 0.334. The molecule has 1 N–H and O–H groups in total. The number of benzene rings is 4. The summed E-state index contributed by atoms with van der Waals surface area (Å²) in [5.74, 6) is 0.536. The largest absolute Gasteiger partial charge is 0.384 e. The van der Waals surface area contributed by atoms with Gasteiger partial charge in [0.15, 0.2) is 0 Å². The van der Waals surface area contributed by atoms with Crippen LogP contribution in [-0.4, -0.2) is 6.54 Å². The predicted octanol–water partition coefficient (Wildman–Crippen LogP) is 7.59. The number of rotatable bonds is 5. The molecular weight excluding hydrogens is 398 g/mol. The van der Waals surface area contributed by atoms with Crippen molar-refractivity contribution in [3.05, 3.63) is 150 Å². The molecule has 0 fully saturated rings. The van der Waals surface area contributed by atoms with E-state index in [2.05, 4.69) is 133 Å². The Morgan fingerprint density at radius 3 is 2.03 bits per heavy atom. The maximum Gasteiger partial charge on any atom is 0.0714 e. The Kier molecular flexibility index (Phi) is 4.96. The molecule has 0 heterocycles. The van der Waals surface area contributed by atoms with Gasteiger partial charge >= 0.3 is 0 Å². The Labute approximate surface area is 196 Å². The summed E-state index contributed by atoms with van der Waals surface area (Å²) in [7, 11) is 0. The third kappa shape index (κ3) is 3.24. The molecule has 1 atom stereocenters. The SMILES string of the molecule is C1=CCC(CNc2ccc3c(c2)C(c2ccccc2)(c2ccccc2)c2ccccc2-3)C=C1. The Bertz CT molecular complexity index is 1290. The average Bonchev–Trinajstić information content (AvgIpc) is 3.20. The lowest BCUT2D eigenvalue weighted by Crippen LogP contribution is -2.28. The van der Waals surface area contributed by atoms with E-state index in [1.165, 1.54) is 39.1 Å². The molecule has 0 bridgehead atoms. The molecule has 0 amide bonds. The standard InChI is InChI=1S/C32H27N/c1-4-12-24(13-5-1)23-33-27-20-21-29-28-18-10-11-19-30(28)32(31(29)22-27,25-14-6-2-7-15-25)26-16-8-3-9-17-26/h1-12,14-22,24,33H,13,23H2. The van der Waals surface area contributed by atoms with Crippen LogP contribution in [0.15, 0.2) is 127 Å². The van der Waals surface area contributed by atoms with Crippen molar-refractivity contribution in [3.8, 4) is 11.1 Å². The Hall–Kier alpha value is -3.84. The minimum atomic E-state index is -0.334. The molecule has 0 saturated heterocycles. The molecule has 1 nitrogen and oxygen atoms in total. The van der Waals surface area contributed by atoms with Gasteiger partial charge < -0.3 is 5.32 Å². The molecule has 0 saturated carbocycles. The van der Waals surface area contributed by atoms with Gasteiger partial charge in [0.2, 0.25) is 0 Å². The summed E-state index contributed by atoms with van der Waals surface area (Å²) in [6.45, 7) is 0.941. The van der Waals surface area contributed by atoms with Gasteiger partial charge in [-0.1, -0.05) is 115 Å². The van der Waals surface area contributed by atoms with Gasteiger partial charge in [0.1, 0.15) is 0 Å². The average molecular weight is 426 g/mol. The highest BCUT2D eigenvalue weighted by molar-refractivity contribution is 5.87. The van der Waals surface area contributed by atoms with E-state index in [9.17, 15) is 0 Å². The lowest BCUT2D eigenvalue weighted by atomic mass is 9.67. The van der Waals surface area contributed by atoms with Crippen LogP contribution in [0.1, 0.15) is 28.7 Å². The number of hydrogen-bond donors (Lipinski definition) is 1. The van der Waals surface area contributed by atoms with Crippen molar-refractivity contribution in [3.63, 3.8) is 0 Å². The fraction of sp³-hybridized carbons (Fsp3) is 0.125. The summed E-state index contributed by atoms with van der Waals surface area (Å²) < 4.78 is 0. The molecule has 0 spiro atoms. The Morgan fingerprint density at radius 1 is 0.667 bits per heavy atom. The van der Waals surface area contributed by atoms with E-state index in [0.29, 0.717) is 5.92 Å². The summed E-state index contributed by atoms with van der Waals surface area (Å²) >= 11 is 0. The van der Waals surface area contributed by atoms with Gasteiger partial charge in [0, 0.05) is 12.2 Å². The van der Waals surface area contributed by atoms with Crippen LogP contribution in [0.25, 0.3) is 11.1 Å². The second-order valence-electron chi connectivity index (χ2n) is 8.98. The molecule has 33 heavy (non-hydrogen) atoms. The highest BCUT2D eigenvalue weighted by atomic mass is 14.9. The van der Waals surface area contributed by atoms with Crippen molar-refractivity contribution < 1.29 is 0 Å². The van der Waals surface area contributed by atoms with Gasteiger partial charge in [-0.2, -0.15) is 0 Å². The van der Waals surface area contributed by atoms with Crippen LogP contribution >= 0.6 is 0 Å². The van der Waals surface area contributed by atoms with E-state index in [1.54, 1.807) is 0 Å². The van der Waals surface area contributed by atoms with Crippen LogP contribution in [0.3, 0.4) is 0 Å². The lowest BCUT2D eigenvalue weighted by molar-refractivity contribution is 0.692. The van der Waals surface area contributed by atoms with E-state index >= 15 is 0 Å². The summed E-state index contributed by atoms with van der Waals surface area (Å²) in [6.07, 6.45) is 9.94. The van der Waals surface area contributed by atoms with Gasteiger partial charge in [-0.25, -0.2) is 0 Å². The highest BCUT2D eigenvalue weighted by Crippen LogP contribution is 2.56. The van der Waals surface area contributed by atoms with E-state index in [-0.39, 0.29) is 5.41 Å². The van der Waals surface area contributed by atoms with Crippen LogP contribution in [0.5, 0.6) is 0 Å². The zero-order valence-corrected chi connectivity index (χ0v) is 18.6. The van der Waals surface area contributed by atoms with E-state index in [1.807, 2.05) is 0 Å². The highest BCUT2D eigenvalue weighted by Gasteiger charge is 2.45. The molecule has 0 radical (unpaired) electrons. The van der Waals surface area contributed by atoms with Gasteiger partial charge in [0.25, 0.3) is 0 Å². The summed E-state index contributed by atoms with van der Waals surface area (Å²) in [5, 5.41) is 3.73. The summed E-state index contributed by atoms with van der Waals surface area (Å²) in [4.78, 5) is 0. The number of fused-ring (bicyclic) bond motifs is 3. The van der Waals surface area contributed by atoms with Crippen LogP contribution in [-0.2, 0) is 5.41 Å². The topological polar surface area (TPSA) is 12.0 Å². The molecule has 1 unspecified atom stereocenters. The molecule has 1 heteroatoms. The number of hydrogen-bond acceptors (Lipinski definition) is 1. The van der Waals surface area contributed by atoms with Crippen LogP contribution in [0.2, 0.25) is 0 Å². The molecule has 160 valence electrons. The second-order valence-corrected chi connectivity index (χ2v) is 8.98. The number of nitrogens with one attached hydrogen (secondary N) is 1. The molecule has 4 aromatic carbocycles. The first kappa shape index (κ1) is 19.8. The summed E-state index contributed by atoms with van der Waals surface area (Å²) in [6, 6.07) is 37.8. The molecule has 2 aliphatic rings. The zero-order valence-electron chi connectivity index (χ0n) is 18.6. The Morgan fingerprint density at radius 2 is 1.33 bits per heavy atom. The van der Waals surface area contributed by atoms with Crippen molar-refractivity contribution in [2.75, 3.05) is 11.9 Å². The quantitative estimate of drug-likeness (QED) is 0.306. The van der Waals surface area contributed by atoms with Crippen molar-refractivity contribution in [2.24, 2.45) is 5.92 Å². The third-order valence-electron chi connectivity index (χ3n) is 7.10. The molecule has 0 aliphatic heterocycles. The van der Waals surface area contributed by atoms with Gasteiger partial charge in [-0.15, -0.1) is 0 Å². The fourth-order valence-corrected chi connectivity index (χ4v) is 5.59. The predicted molar refractivity (Wildman–Crippen MR) is 139 cm³/mol. The molecule has 6 rings (SSSR count). The lowest BCUT2D eigenvalue weighted by Gasteiger charge is -2.34. The summed E-state index contributed by atoms with van der Waals surface area (Å²) in [5.41, 5.74) is 8.82. The van der Waals surface area contributed by atoms with Crippen LogP contribution < -0.4 is 5.32 Å². The third-order valence-corrected chi connectivity index (χ3v) is 7.10. The maximum atomic E-state index is 3.73.